The number of fused-ring (bicyclic) bond motifs is 1. The first kappa shape index (κ1) is 23.6. The van der Waals surface area contributed by atoms with Gasteiger partial charge in [0.15, 0.2) is 0 Å². The second-order valence-electron chi connectivity index (χ2n) is 8.62. The summed E-state index contributed by atoms with van der Waals surface area (Å²) >= 11 is 0. The highest BCUT2D eigenvalue weighted by Gasteiger charge is 2.42. The maximum absolute atomic E-state index is 9.81. The van der Waals surface area contributed by atoms with Crippen molar-refractivity contribution in [3.63, 3.8) is 0 Å². The van der Waals surface area contributed by atoms with Gasteiger partial charge in [-0.2, -0.15) is 0 Å². The average molecular weight is 458 g/mol. The zero-order valence-electron chi connectivity index (χ0n) is 19.4. The number of aliphatic hydroxyl groups is 1. The number of nitrogens with two attached hydrogens (primary N) is 2. The predicted molar refractivity (Wildman–Crippen MR) is 134 cm³/mol. The van der Waals surface area contributed by atoms with Gasteiger partial charge in [-0.15, -0.1) is 0 Å². The minimum Gasteiger partial charge on any atom is -0.481 e. The van der Waals surface area contributed by atoms with Crippen LogP contribution in [0.5, 0.6) is 5.75 Å². The Balaban J connectivity index is 1.35. The fourth-order valence-corrected chi connectivity index (χ4v) is 4.61. The van der Waals surface area contributed by atoms with E-state index in [4.69, 9.17) is 16.2 Å². The summed E-state index contributed by atoms with van der Waals surface area (Å²) in [5, 5.41) is 13.2. The van der Waals surface area contributed by atoms with E-state index in [9.17, 15) is 5.11 Å². The lowest BCUT2D eigenvalue weighted by atomic mass is 9.76. The molecule has 176 valence electrons. The van der Waals surface area contributed by atoms with Gasteiger partial charge in [-0.3, -0.25) is 0 Å². The molecule has 6 N–H and O–H groups in total. The topological polar surface area (TPSA) is 119 Å². The summed E-state index contributed by atoms with van der Waals surface area (Å²) in [6, 6.07) is 15.6. The molecule has 1 aliphatic carbocycles. The summed E-state index contributed by atoms with van der Waals surface area (Å²) < 4.78 is 5.57. The Morgan fingerprint density at radius 2 is 2.09 bits per heavy atom. The molecule has 0 aliphatic heterocycles. The van der Waals surface area contributed by atoms with E-state index in [1.54, 1.807) is 18.3 Å². The first-order valence-electron chi connectivity index (χ1n) is 11.6. The van der Waals surface area contributed by atoms with Crippen molar-refractivity contribution in [2.45, 2.75) is 38.8 Å². The molecular weight excluding hydrogens is 426 g/mol. The van der Waals surface area contributed by atoms with Crippen LogP contribution < -0.4 is 21.5 Å². The van der Waals surface area contributed by atoms with E-state index in [1.165, 1.54) is 11.1 Å². The van der Waals surface area contributed by atoms with Crippen LogP contribution in [-0.2, 0) is 13.0 Å². The van der Waals surface area contributed by atoms with Gasteiger partial charge in [-0.1, -0.05) is 43.2 Å². The molecule has 0 saturated heterocycles. The quantitative estimate of drug-likeness (QED) is 0.302. The first-order valence-corrected chi connectivity index (χ1v) is 11.6. The fourth-order valence-electron chi connectivity index (χ4n) is 4.61. The van der Waals surface area contributed by atoms with E-state index >= 15 is 0 Å². The van der Waals surface area contributed by atoms with Gasteiger partial charge in [0.1, 0.15) is 29.6 Å². The molecule has 3 aromatic rings. The van der Waals surface area contributed by atoms with Crippen LogP contribution in [0.2, 0.25) is 0 Å². The average Bonchev–Trinajstić information content (AvgIpc) is 3.14. The molecule has 7 heteroatoms. The van der Waals surface area contributed by atoms with Crippen molar-refractivity contribution in [3.05, 3.63) is 77.2 Å². The molecule has 0 amide bonds. The largest absolute Gasteiger partial charge is 0.481 e. The minimum atomic E-state index is -0.228. The molecule has 1 heterocycles. The van der Waals surface area contributed by atoms with Crippen LogP contribution in [0.3, 0.4) is 0 Å². The number of aromatic nitrogens is 2. The van der Waals surface area contributed by atoms with Crippen LogP contribution in [0.1, 0.15) is 48.3 Å². The third-order valence-electron chi connectivity index (χ3n) is 6.59. The van der Waals surface area contributed by atoms with Gasteiger partial charge in [0, 0.05) is 24.3 Å². The van der Waals surface area contributed by atoms with Crippen molar-refractivity contribution >= 4 is 11.5 Å². The molecule has 1 aromatic heterocycles. The van der Waals surface area contributed by atoms with E-state index in [0.29, 0.717) is 35.2 Å². The third kappa shape index (κ3) is 5.14. The minimum absolute atomic E-state index is 0.0122. The fraction of sp³-hybridized carbons (Fsp3) is 0.333. The third-order valence-corrected chi connectivity index (χ3v) is 6.59. The SMILES string of the molecule is CCC1(CCNc2ncc(C#CCOc3cccc(N)c3)nc2CO)Cc2ccccc2C1N. The Kier molecular flexibility index (Phi) is 7.31. The van der Waals surface area contributed by atoms with E-state index in [1.807, 2.05) is 12.1 Å². The van der Waals surface area contributed by atoms with Crippen molar-refractivity contribution in [1.82, 2.24) is 9.97 Å². The van der Waals surface area contributed by atoms with Crippen molar-refractivity contribution in [2.75, 3.05) is 24.2 Å². The number of benzene rings is 2. The van der Waals surface area contributed by atoms with Crippen molar-refractivity contribution in [1.29, 1.82) is 0 Å². The van der Waals surface area contributed by atoms with Gasteiger partial charge < -0.3 is 26.6 Å². The molecule has 2 unspecified atom stereocenters. The normalized spacial score (nSPS) is 18.6. The number of aliphatic hydroxyl groups excluding tert-OH is 1. The molecule has 0 spiro atoms. The van der Waals surface area contributed by atoms with Gasteiger partial charge in [0.05, 0.1) is 12.8 Å². The van der Waals surface area contributed by atoms with Crippen LogP contribution in [0.4, 0.5) is 11.5 Å². The number of nitrogens with one attached hydrogen (secondary N) is 1. The molecule has 0 saturated carbocycles. The van der Waals surface area contributed by atoms with E-state index in [-0.39, 0.29) is 24.7 Å². The lowest BCUT2D eigenvalue weighted by Gasteiger charge is -2.33. The zero-order valence-corrected chi connectivity index (χ0v) is 19.4. The zero-order chi connectivity index (χ0) is 24.0. The molecule has 1 aliphatic rings. The Labute approximate surface area is 200 Å². The maximum atomic E-state index is 9.81. The summed E-state index contributed by atoms with van der Waals surface area (Å²) in [5.74, 6) is 7.07. The number of anilines is 2. The van der Waals surface area contributed by atoms with E-state index < -0.39 is 0 Å². The second kappa shape index (κ2) is 10.6. The van der Waals surface area contributed by atoms with Crippen LogP contribution in [-0.4, -0.2) is 28.2 Å². The van der Waals surface area contributed by atoms with Crippen LogP contribution in [0, 0.1) is 17.3 Å². The monoisotopic (exact) mass is 457 g/mol. The molecule has 0 bridgehead atoms. The van der Waals surface area contributed by atoms with Gasteiger partial charge in [-0.05, 0) is 53.9 Å². The van der Waals surface area contributed by atoms with Crippen LogP contribution in [0.25, 0.3) is 0 Å². The van der Waals surface area contributed by atoms with Gasteiger partial charge in [0.2, 0.25) is 0 Å². The Hall–Kier alpha value is -3.60. The van der Waals surface area contributed by atoms with Crippen LogP contribution in [0.15, 0.2) is 54.7 Å². The molecule has 7 nitrogen and oxygen atoms in total. The van der Waals surface area contributed by atoms with Gasteiger partial charge in [0.25, 0.3) is 0 Å². The van der Waals surface area contributed by atoms with Crippen molar-refractivity contribution in [2.24, 2.45) is 11.1 Å². The predicted octanol–water partition coefficient (Wildman–Crippen LogP) is 3.44. The van der Waals surface area contributed by atoms with Gasteiger partial charge in [-0.25, -0.2) is 9.97 Å². The van der Waals surface area contributed by atoms with Crippen molar-refractivity contribution in [3.8, 4) is 17.6 Å². The number of hydrogen-bond acceptors (Lipinski definition) is 7. The summed E-state index contributed by atoms with van der Waals surface area (Å²) in [6.07, 6.45) is 4.47. The molecule has 34 heavy (non-hydrogen) atoms. The number of nitrogen functional groups attached to an aromatic ring is 1. The summed E-state index contributed by atoms with van der Waals surface area (Å²) in [5.41, 5.74) is 16.6. The number of nitrogens with zero attached hydrogens (tertiary/aromatic N) is 2. The molecule has 4 rings (SSSR count). The highest BCUT2D eigenvalue weighted by atomic mass is 16.5. The Bertz CT molecular complexity index is 1200. The van der Waals surface area contributed by atoms with Crippen LogP contribution >= 0.6 is 0 Å². The Morgan fingerprint density at radius 3 is 2.85 bits per heavy atom. The summed E-state index contributed by atoms with van der Waals surface area (Å²) in [7, 11) is 0. The number of ether oxygens (including phenoxy) is 1. The van der Waals surface area contributed by atoms with Gasteiger partial charge >= 0.3 is 0 Å². The molecular formula is C27H31N5O2. The summed E-state index contributed by atoms with van der Waals surface area (Å²) in [6.45, 7) is 2.86. The van der Waals surface area contributed by atoms with E-state index in [2.05, 4.69) is 58.3 Å². The van der Waals surface area contributed by atoms with Crippen molar-refractivity contribution < 1.29 is 9.84 Å². The molecule has 0 radical (unpaired) electrons. The first-order chi connectivity index (χ1) is 16.5. The number of hydrogen-bond donors (Lipinski definition) is 4. The highest BCUT2D eigenvalue weighted by Crippen LogP contribution is 2.48. The smallest absolute Gasteiger partial charge is 0.150 e. The van der Waals surface area contributed by atoms with E-state index in [0.717, 1.165) is 19.3 Å². The lowest BCUT2D eigenvalue weighted by molar-refractivity contribution is 0.222. The summed E-state index contributed by atoms with van der Waals surface area (Å²) in [4.78, 5) is 8.88. The molecule has 2 atom stereocenters. The second-order valence-corrected chi connectivity index (χ2v) is 8.62. The standard InChI is InChI=1S/C27H31N5O2/c1-2-27(16-19-7-3-4-11-23(19)25(27)29)12-13-30-26-24(18-33)32-21(17-31-26)9-6-14-34-22-10-5-8-20(28)15-22/h3-5,7-8,10-11,15,17,25,33H,2,12-14,16,18,28-29H2,1H3,(H,30,31). The highest BCUT2D eigenvalue weighted by molar-refractivity contribution is 5.44. The lowest BCUT2D eigenvalue weighted by Crippen LogP contribution is -2.33. The molecule has 2 aromatic carbocycles. The molecule has 0 fully saturated rings. The maximum Gasteiger partial charge on any atom is 0.150 e. The number of rotatable bonds is 8. The Morgan fingerprint density at radius 1 is 1.24 bits per heavy atom.